The predicted molar refractivity (Wildman–Crippen MR) is 75.8 cm³/mol. The normalized spacial score (nSPS) is 10.1. The Morgan fingerprint density at radius 1 is 1.39 bits per heavy atom. The number of amides is 1. The number of nitrogens with two attached hydrogens (primary N) is 1. The number of hydrogen-bond acceptors (Lipinski definition) is 3. The van der Waals surface area contributed by atoms with Crippen LogP contribution in [-0.4, -0.2) is 10.9 Å². The fourth-order valence-electron chi connectivity index (χ4n) is 1.33. The van der Waals surface area contributed by atoms with Gasteiger partial charge in [0, 0.05) is 21.9 Å². The molecule has 0 bridgehead atoms. The number of anilines is 2. The van der Waals surface area contributed by atoms with Crippen molar-refractivity contribution in [2.45, 2.75) is 0 Å². The third kappa shape index (κ3) is 2.80. The topological polar surface area (TPSA) is 68.0 Å². The molecule has 0 saturated heterocycles. The minimum atomic E-state index is -0.273. The lowest BCUT2D eigenvalue weighted by molar-refractivity contribution is 0.102. The maximum atomic E-state index is 12.0. The molecule has 6 heteroatoms. The van der Waals surface area contributed by atoms with E-state index in [0.29, 0.717) is 26.4 Å². The van der Waals surface area contributed by atoms with Gasteiger partial charge in [-0.2, -0.15) is 0 Å². The second-order valence-corrected chi connectivity index (χ2v) is 4.81. The molecule has 0 aliphatic heterocycles. The molecule has 0 aliphatic carbocycles. The first kappa shape index (κ1) is 12.9. The summed E-state index contributed by atoms with van der Waals surface area (Å²) < 4.78 is 0.674. The molecule has 3 N–H and O–H groups in total. The van der Waals surface area contributed by atoms with Gasteiger partial charge >= 0.3 is 0 Å². The lowest BCUT2D eigenvalue weighted by Gasteiger charge is -2.07. The molecule has 2 rings (SSSR count). The van der Waals surface area contributed by atoms with E-state index in [1.165, 1.54) is 6.20 Å². The van der Waals surface area contributed by atoms with E-state index in [0.717, 1.165) is 0 Å². The van der Waals surface area contributed by atoms with Crippen LogP contribution in [0.25, 0.3) is 0 Å². The van der Waals surface area contributed by atoms with Gasteiger partial charge < -0.3 is 11.1 Å². The van der Waals surface area contributed by atoms with Crippen molar-refractivity contribution < 1.29 is 4.79 Å². The second-order valence-electron chi connectivity index (χ2n) is 3.55. The van der Waals surface area contributed by atoms with E-state index in [4.69, 9.17) is 17.3 Å². The third-order valence-electron chi connectivity index (χ3n) is 2.28. The highest BCUT2D eigenvalue weighted by molar-refractivity contribution is 9.10. The molecule has 18 heavy (non-hydrogen) atoms. The van der Waals surface area contributed by atoms with Gasteiger partial charge in [0.1, 0.15) is 0 Å². The first-order valence-electron chi connectivity index (χ1n) is 5.04. The molecular weight excluding hydrogens is 318 g/mol. The maximum absolute atomic E-state index is 12.0. The molecule has 1 aromatic heterocycles. The van der Waals surface area contributed by atoms with E-state index in [2.05, 4.69) is 26.2 Å². The Hall–Kier alpha value is -1.59. The van der Waals surface area contributed by atoms with Gasteiger partial charge in [-0.05, 0) is 40.2 Å². The van der Waals surface area contributed by atoms with E-state index < -0.39 is 0 Å². The quantitative estimate of drug-likeness (QED) is 0.832. The minimum absolute atomic E-state index is 0.273. The zero-order valence-electron chi connectivity index (χ0n) is 9.15. The van der Waals surface area contributed by atoms with E-state index in [9.17, 15) is 4.79 Å². The van der Waals surface area contributed by atoms with Crippen molar-refractivity contribution >= 4 is 44.8 Å². The molecule has 4 nitrogen and oxygen atoms in total. The van der Waals surface area contributed by atoms with Crippen LogP contribution in [0.2, 0.25) is 5.02 Å². The smallest absolute Gasteiger partial charge is 0.255 e. The standard InChI is InChI=1S/C12H9BrClN3O/c13-8-5-7(1-2-10(8)15)12(18)17-11-6-16-4-3-9(11)14/h1-6H,15H2,(H,17,18). The van der Waals surface area contributed by atoms with Crippen LogP contribution in [0.4, 0.5) is 11.4 Å². The van der Waals surface area contributed by atoms with Crippen LogP contribution in [0.15, 0.2) is 41.1 Å². The number of rotatable bonds is 2. The van der Waals surface area contributed by atoms with Crippen molar-refractivity contribution in [3.63, 3.8) is 0 Å². The summed E-state index contributed by atoms with van der Waals surface area (Å²) in [6.45, 7) is 0. The van der Waals surface area contributed by atoms with Crippen LogP contribution in [0, 0.1) is 0 Å². The van der Waals surface area contributed by atoms with Crippen LogP contribution in [0.3, 0.4) is 0 Å². The Bertz CT molecular complexity index is 604. The van der Waals surface area contributed by atoms with Gasteiger partial charge in [-0.3, -0.25) is 9.78 Å². The summed E-state index contributed by atoms with van der Waals surface area (Å²) in [5.74, 6) is -0.273. The van der Waals surface area contributed by atoms with Gasteiger partial charge in [-0.15, -0.1) is 0 Å². The highest BCUT2D eigenvalue weighted by Crippen LogP contribution is 2.23. The Morgan fingerprint density at radius 2 is 2.17 bits per heavy atom. The van der Waals surface area contributed by atoms with E-state index in [-0.39, 0.29) is 5.91 Å². The minimum Gasteiger partial charge on any atom is -0.398 e. The molecule has 92 valence electrons. The molecule has 2 aromatic rings. The van der Waals surface area contributed by atoms with Crippen molar-refractivity contribution in [1.29, 1.82) is 0 Å². The van der Waals surface area contributed by atoms with Crippen LogP contribution >= 0.6 is 27.5 Å². The summed E-state index contributed by atoms with van der Waals surface area (Å²) in [5.41, 5.74) is 7.18. The molecule has 0 unspecified atom stereocenters. The molecule has 0 fully saturated rings. The summed E-state index contributed by atoms with van der Waals surface area (Å²) in [7, 11) is 0. The molecule has 0 saturated carbocycles. The number of carbonyl (C=O) groups is 1. The van der Waals surface area contributed by atoms with E-state index >= 15 is 0 Å². The monoisotopic (exact) mass is 325 g/mol. The average Bonchev–Trinajstić information content (AvgIpc) is 2.35. The van der Waals surface area contributed by atoms with Crippen molar-refractivity contribution in [1.82, 2.24) is 4.98 Å². The van der Waals surface area contributed by atoms with Gasteiger partial charge in [0.15, 0.2) is 0 Å². The number of hydrogen-bond donors (Lipinski definition) is 2. The van der Waals surface area contributed by atoms with Gasteiger partial charge in [-0.25, -0.2) is 0 Å². The first-order valence-corrected chi connectivity index (χ1v) is 6.21. The van der Waals surface area contributed by atoms with Gasteiger partial charge in [0.05, 0.1) is 16.9 Å². The molecule has 1 aromatic carbocycles. The van der Waals surface area contributed by atoms with Crippen LogP contribution in [0.5, 0.6) is 0 Å². The number of pyridine rings is 1. The fourth-order valence-corrected chi connectivity index (χ4v) is 1.86. The Labute approximate surface area is 117 Å². The second kappa shape index (κ2) is 5.37. The van der Waals surface area contributed by atoms with Gasteiger partial charge in [-0.1, -0.05) is 11.6 Å². The number of aromatic nitrogens is 1. The molecule has 0 atom stereocenters. The molecule has 1 heterocycles. The molecule has 1 amide bonds. The summed E-state index contributed by atoms with van der Waals surface area (Å²) >= 11 is 9.20. The van der Waals surface area contributed by atoms with Gasteiger partial charge in [0.25, 0.3) is 5.91 Å². The molecule has 0 radical (unpaired) electrons. The largest absolute Gasteiger partial charge is 0.398 e. The molecular formula is C12H9BrClN3O. The highest BCUT2D eigenvalue weighted by atomic mass is 79.9. The highest BCUT2D eigenvalue weighted by Gasteiger charge is 2.09. The number of nitrogens with one attached hydrogen (secondary N) is 1. The van der Waals surface area contributed by atoms with Crippen LogP contribution < -0.4 is 11.1 Å². The number of nitrogens with zero attached hydrogens (tertiary/aromatic N) is 1. The SMILES string of the molecule is Nc1ccc(C(=O)Nc2cnccc2Cl)cc1Br. The zero-order valence-corrected chi connectivity index (χ0v) is 11.5. The molecule has 0 aliphatic rings. The lowest BCUT2D eigenvalue weighted by atomic mass is 10.2. The summed E-state index contributed by atoms with van der Waals surface area (Å²) in [6.07, 6.45) is 3.05. The number of nitrogen functional groups attached to an aromatic ring is 1. The summed E-state index contributed by atoms with van der Waals surface area (Å²) in [6, 6.07) is 6.55. The predicted octanol–water partition coefficient (Wildman–Crippen LogP) is 3.33. The third-order valence-corrected chi connectivity index (χ3v) is 3.30. The Morgan fingerprint density at radius 3 is 2.83 bits per heavy atom. The Balaban J connectivity index is 2.22. The average molecular weight is 327 g/mol. The lowest BCUT2D eigenvalue weighted by Crippen LogP contribution is -2.12. The van der Waals surface area contributed by atoms with Crippen molar-refractivity contribution in [2.75, 3.05) is 11.1 Å². The van der Waals surface area contributed by atoms with Crippen molar-refractivity contribution in [3.8, 4) is 0 Å². The van der Waals surface area contributed by atoms with Crippen LogP contribution in [-0.2, 0) is 0 Å². The fraction of sp³-hybridized carbons (Fsp3) is 0. The number of benzene rings is 1. The molecule has 0 spiro atoms. The zero-order chi connectivity index (χ0) is 13.1. The van der Waals surface area contributed by atoms with Crippen molar-refractivity contribution in [3.05, 3.63) is 51.7 Å². The van der Waals surface area contributed by atoms with E-state index in [1.807, 2.05) is 0 Å². The van der Waals surface area contributed by atoms with Crippen LogP contribution in [0.1, 0.15) is 10.4 Å². The number of carbonyl (C=O) groups excluding carboxylic acids is 1. The van der Waals surface area contributed by atoms with E-state index in [1.54, 1.807) is 30.5 Å². The summed E-state index contributed by atoms with van der Waals surface area (Å²) in [4.78, 5) is 15.9. The Kier molecular flexibility index (Phi) is 3.84. The maximum Gasteiger partial charge on any atom is 0.255 e. The number of halogens is 2. The summed E-state index contributed by atoms with van der Waals surface area (Å²) in [5, 5.41) is 3.12. The first-order chi connectivity index (χ1) is 8.58. The van der Waals surface area contributed by atoms with Crippen molar-refractivity contribution in [2.24, 2.45) is 0 Å². The van der Waals surface area contributed by atoms with Gasteiger partial charge in [0.2, 0.25) is 0 Å².